The lowest BCUT2D eigenvalue weighted by Crippen LogP contribution is -2.34. The molecule has 164 valence electrons. The number of halogens is 3. The molecule has 0 radical (unpaired) electrons. The minimum absolute atomic E-state index is 0.0280. The van der Waals surface area contributed by atoms with E-state index in [1.165, 1.54) is 12.1 Å². The van der Waals surface area contributed by atoms with Crippen LogP contribution in [-0.4, -0.2) is 33.2 Å². The van der Waals surface area contributed by atoms with Gasteiger partial charge in [-0.25, -0.2) is 9.78 Å². The summed E-state index contributed by atoms with van der Waals surface area (Å²) in [7, 11) is 0. The number of ether oxygens (including phenoxy) is 1. The van der Waals surface area contributed by atoms with E-state index in [-0.39, 0.29) is 24.1 Å². The molecule has 0 saturated heterocycles. The summed E-state index contributed by atoms with van der Waals surface area (Å²) in [5.74, 6) is -1.77. The van der Waals surface area contributed by atoms with Gasteiger partial charge in [-0.05, 0) is 25.5 Å². The van der Waals surface area contributed by atoms with Gasteiger partial charge in [0.15, 0.2) is 0 Å². The summed E-state index contributed by atoms with van der Waals surface area (Å²) in [5.41, 5.74) is -2.93. The number of nitrogens with one attached hydrogen (secondary N) is 1. The molecule has 0 aliphatic rings. The van der Waals surface area contributed by atoms with Crippen molar-refractivity contribution in [1.82, 2.24) is 14.7 Å². The number of nitrogens with zero attached hydrogens (tertiary/aromatic N) is 3. The molecule has 0 fully saturated rings. The molecule has 0 saturated carbocycles. The Balaban J connectivity index is 2.01. The van der Waals surface area contributed by atoms with Crippen LogP contribution in [0.1, 0.15) is 42.4 Å². The van der Waals surface area contributed by atoms with Crippen LogP contribution in [0.4, 0.5) is 18.9 Å². The largest absolute Gasteiger partial charge is 0.461 e. The van der Waals surface area contributed by atoms with Crippen LogP contribution in [0.2, 0.25) is 0 Å². The average Bonchev–Trinajstić information content (AvgIpc) is 3.15. The number of amides is 1. The van der Waals surface area contributed by atoms with Crippen LogP contribution in [0, 0.1) is 0 Å². The van der Waals surface area contributed by atoms with E-state index in [0.29, 0.717) is 0 Å². The van der Waals surface area contributed by atoms with Crippen LogP contribution < -0.4 is 10.9 Å². The first-order chi connectivity index (χ1) is 14.7. The molecule has 0 aliphatic carbocycles. The van der Waals surface area contributed by atoms with Crippen LogP contribution in [0.5, 0.6) is 0 Å². The van der Waals surface area contributed by atoms with E-state index in [9.17, 15) is 27.6 Å². The molecule has 3 rings (SSSR count). The quantitative estimate of drug-likeness (QED) is 0.588. The van der Waals surface area contributed by atoms with Crippen molar-refractivity contribution in [3.63, 3.8) is 0 Å². The Bertz CT molecular complexity index is 1190. The highest BCUT2D eigenvalue weighted by atomic mass is 19.4. The zero-order valence-corrected chi connectivity index (χ0v) is 16.4. The van der Waals surface area contributed by atoms with Crippen molar-refractivity contribution in [3.05, 3.63) is 52.2 Å². The fraction of sp³-hybridized carbons (Fsp3) is 0.316. The molecule has 1 aromatic carbocycles. The van der Waals surface area contributed by atoms with Gasteiger partial charge in [0.1, 0.15) is 17.8 Å². The van der Waals surface area contributed by atoms with Gasteiger partial charge in [0, 0.05) is 0 Å². The lowest BCUT2D eigenvalue weighted by Gasteiger charge is -2.19. The van der Waals surface area contributed by atoms with Crippen LogP contribution in [-0.2, 0) is 15.7 Å². The van der Waals surface area contributed by atoms with Crippen LogP contribution in [0.15, 0.2) is 39.9 Å². The Labute approximate surface area is 172 Å². The number of fused-ring (bicyclic) bond motifs is 1. The first-order valence-corrected chi connectivity index (χ1v) is 9.19. The molecule has 0 unspecified atom stereocenters. The predicted octanol–water partition coefficient (Wildman–Crippen LogP) is 3.17. The Morgan fingerprint density at radius 3 is 2.61 bits per heavy atom. The molecule has 9 nitrogen and oxygen atoms in total. The molecule has 2 aromatic heterocycles. The van der Waals surface area contributed by atoms with Gasteiger partial charge in [-0.1, -0.05) is 24.2 Å². The summed E-state index contributed by atoms with van der Waals surface area (Å²) in [6.07, 6.45) is -3.62. The fourth-order valence-corrected chi connectivity index (χ4v) is 2.98. The van der Waals surface area contributed by atoms with E-state index in [1.807, 2.05) is 0 Å². The monoisotopic (exact) mass is 438 g/mol. The summed E-state index contributed by atoms with van der Waals surface area (Å²) >= 11 is 0. The van der Waals surface area contributed by atoms with E-state index in [1.54, 1.807) is 13.8 Å². The van der Waals surface area contributed by atoms with Gasteiger partial charge >= 0.3 is 12.1 Å². The maximum absolute atomic E-state index is 13.2. The van der Waals surface area contributed by atoms with E-state index in [2.05, 4.69) is 15.5 Å². The fourth-order valence-electron chi connectivity index (χ4n) is 2.98. The van der Waals surface area contributed by atoms with Crippen molar-refractivity contribution >= 4 is 28.7 Å². The summed E-state index contributed by atoms with van der Waals surface area (Å²) < 4.78 is 50.2. The van der Waals surface area contributed by atoms with Gasteiger partial charge in [-0.2, -0.15) is 13.2 Å². The average molecular weight is 438 g/mol. The highest BCUT2D eigenvalue weighted by Crippen LogP contribution is 2.35. The second-order valence-electron chi connectivity index (χ2n) is 6.35. The molecule has 0 aliphatic heterocycles. The molecule has 1 amide bonds. The number of carbonyl (C=O) groups excluding carboxylic acids is 2. The Kier molecular flexibility index (Phi) is 6.09. The van der Waals surface area contributed by atoms with E-state index in [0.717, 1.165) is 23.0 Å². The lowest BCUT2D eigenvalue weighted by atomic mass is 10.1. The lowest BCUT2D eigenvalue weighted by molar-refractivity contribution is -0.137. The van der Waals surface area contributed by atoms with Gasteiger partial charge in [-0.3, -0.25) is 14.2 Å². The number of hydrogen-bond acceptors (Lipinski definition) is 7. The summed E-state index contributed by atoms with van der Waals surface area (Å²) in [4.78, 5) is 41.6. The third-order valence-electron chi connectivity index (χ3n) is 4.41. The second-order valence-corrected chi connectivity index (χ2v) is 6.35. The molecule has 0 spiro atoms. The minimum Gasteiger partial charge on any atom is -0.461 e. The Hall–Kier alpha value is -3.70. The number of benzene rings is 1. The maximum atomic E-state index is 13.2. The van der Waals surface area contributed by atoms with Crippen molar-refractivity contribution in [1.29, 1.82) is 0 Å². The van der Waals surface area contributed by atoms with Crippen molar-refractivity contribution in [2.45, 2.75) is 32.5 Å². The maximum Gasteiger partial charge on any atom is 0.418 e. The molecular formula is C19H17F3N4O5. The van der Waals surface area contributed by atoms with Crippen molar-refractivity contribution in [2.75, 3.05) is 11.9 Å². The van der Waals surface area contributed by atoms with Crippen LogP contribution >= 0.6 is 0 Å². The SMILES string of the molecule is CCOC(=O)c1noc2ncn([C@H](CC)C(=O)Nc3ccccc3C(F)(F)F)c(=O)c12. The number of aromatic nitrogens is 3. The van der Waals surface area contributed by atoms with Gasteiger partial charge < -0.3 is 14.6 Å². The second kappa shape index (κ2) is 8.58. The zero-order chi connectivity index (χ0) is 22.8. The highest BCUT2D eigenvalue weighted by Gasteiger charge is 2.34. The van der Waals surface area contributed by atoms with Gasteiger partial charge in [0.2, 0.25) is 11.6 Å². The standard InChI is InChI=1S/C19H17F3N4O5/c1-3-12(15(27)24-11-8-6-5-7-10(11)19(20,21)22)26-9-23-16-13(17(26)28)14(25-31-16)18(29)30-4-2/h5-9,12H,3-4H2,1-2H3,(H,24,27)/t12-/m1/s1. The number of carbonyl (C=O) groups is 2. The summed E-state index contributed by atoms with van der Waals surface area (Å²) in [5, 5.41) is 5.43. The van der Waals surface area contributed by atoms with Gasteiger partial charge in [0.25, 0.3) is 11.3 Å². The molecule has 0 bridgehead atoms. The van der Waals surface area contributed by atoms with Crippen molar-refractivity contribution in [3.8, 4) is 0 Å². The van der Waals surface area contributed by atoms with Crippen molar-refractivity contribution in [2.24, 2.45) is 0 Å². The summed E-state index contributed by atoms with van der Waals surface area (Å²) in [6.45, 7) is 3.16. The predicted molar refractivity (Wildman–Crippen MR) is 101 cm³/mol. The Morgan fingerprint density at radius 2 is 1.97 bits per heavy atom. The molecule has 3 aromatic rings. The third-order valence-corrected chi connectivity index (χ3v) is 4.41. The zero-order valence-electron chi connectivity index (χ0n) is 16.4. The first kappa shape index (κ1) is 22.0. The van der Waals surface area contributed by atoms with Gasteiger partial charge in [0.05, 0.1) is 17.9 Å². The van der Waals surface area contributed by atoms with Gasteiger partial charge in [-0.15, -0.1) is 0 Å². The van der Waals surface area contributed by atoms with E-state index >= 15 is 0 Å². The highest BCUT2D eigenvalue weighted by molar-refractivity contribution is 6.00. The minimum atomic E-state index is -4.68. The van der Waals surface area contributed by atoms with Crippen LogP contribution in [0.3, 0.4) is 0 Å². The normalized spacial score (nSPS) is 12.5. The van der Waals surface area contributed by atoms with Crippen molar-refractivity contribution < 1.29 is 32.0 Å². The van der Waals surface area contributed by atoms with E-state index < -0.39 is 46.6 Å². The number of esters is 1. The number of para-hydroxylation sites is 1. The molecule has 12 heteroatoms. The number of rotatable bonds is 6. The topological polar surface area (TPSA) is 116 Å². The Morgan fingerprint density at radius 1 is 1.26 bits per heavy atom. The number of anilines is 1. The summed E-state index contributed by atoms with van der Waals surface area (Å²) in [6, 6.07) is 3.26. The number of hydrogen-bond donors (Lipinski definition) is 1. The van der Waals surface area contributed by atoms with Crippen LogP contribution in [0.25, 0.3) is 11.1 Å². The number of alkyl halides is 3. The first-order valence-electron chi connectivity index (χ1n) is 9.19. The molecule has 31 heavy (non-hydrogen) atoms. The molecule has 1 N–H and O–H groups in total. The smallest absolute Gasteiger partial charge is 0.418 e. The molecule has 1 atom stereocenters. The molecular weight excluding hydrogens is 421 g/mol. The third kappa shape index (κ3) is 4.27. The molecule has 2 heterocycles. The van der Waals surface area contributed by atoms with E-state index in [4.69, 9.17) is 9.26 Å².